The van der Waals surface area contributed by atoms with Crippen LogP contribution < -0.4 is 10.6 Å². The van der Waals surface area contributed by atoms with Crippen LogP contribution in [0.1, 0.15) is 43.7 Å². The topological polar surface area (TPSA) is 39.7 Å². The van der Waals surface area contributed by atoms with Crippen LogP contribution in [0.2, 0.25) is 0 Å². The van der Waals surface area contributed by atoms with Crippen LogP contribution in [0.4, 0.5) is 0 Å². The number of rotatable bonds is 6. The van der Waals surface area contributed by atoms with Gasteiger partial charge in [-0.25, -0.2) is 0 Å². The third-order valence-electron chi connectivity index (χ3n) is 5.80. The Balaban J connectivity index is 0.00000225. The molecule has 1 heterocycles. The van der Waals surface area contributed by atoms with E-state index in [2.05, 4.69) is 58.6 Å². The molecule has 1 atom stereocenters. The number of likely N-dealkylation sites (tertiary alicyclic amines) is 1. The molecule has 25 heavy (non-hydrogen) atoms. The number of hydrogen-bond acceptors (Lipinski definition) is 2. The van der Waals surface area contributed by atoms with Gasteiger partial charge < -0.3 is 10.6 Å². The number of aryl methyl sites for hydroxylation is 1. The maximum atomic E-state index is 4.42. The van der Waals surface area contributed by atoms with Crippen molar-refractivity contribution in [3.05, 3.63) is 35.4 Å². The molecule has 1 aromatic carbocycles. The van der Waals surface area contributed by atoms with E-state index in [0.29, 0.717) is 11.5 Å². The van der Waals surface area contributed by atoms with Gasteiger partial charge in [0.15, 0.2) is 5.96 Å². The Labute approximate surface area is 169 Å². The molecule has 3 rings (SSSR count). The van der Waals surface area contributed by atoms with Crippen molar-refractivity contribution in [2.75, 3.05) is 33.2 Å². The Kier molecular flexibility index (Phi) is 7.55. The number of aliphatic imine (C=N–C) groups is 1. The van der Waals surface area contributed by atoms with Crippen LogP contribution in [-0.2, 0) is 5.41 Å². The third-order valence-corrected chi connectivity index (χ3v) is 5.80. The Morgan fingerprint density at radius 2 is 2.04 bits per heavy atom. The predicted molar refractivity (Wildman–Crippen MR) is 117 cm³/mol. The molecular weight excluding hydrogens is 423 g/mol. The number of nitrogens with one attached hydrogen (secondary N) is 2. The number of benzene rings is 1. The summed E-state index contributed by atoms with van der Waals surface area (Å²) in [6.07, 6.45) is 5.16. The van der Waals surface area contributed by atoms with E-state index in [-0.39, 0.29) is 24.0 Å². The molecule has 1 saturated carbocycles. The highest BCUT2D eigenvalue weighted by Crippen LogP contribution is 2.48. The lowest BCUT2D eigenvalue weighted by Crippen LogP contribution is -2.46. The summed E-state index contributed by atoms with van der Waals surface area (Å²) in [6.45, 7) is 8.83. The zero-order valence-electron chi connectivity index (χ0n) is 15.8. The molecule has 2 fully saturated rings. The number of likely N-dealkylation sites (N-methyl/N-ethyl adjacent to an activating group) is 1. The summed E-state index contributed by atoms with van der Waals surface area (Å²) in [4.78, 5) is 6.99. The van der Waals surface area contributed by atoms with Gasteiger partial charge in [0.05, 0.1) is 0 Å². The molecule has 1 aromatic rings. The fourth-order valence-corrected chi connectivity index (χ4v) is 4.09. The Hall–Kier alpha value is -0.820. The van der Waals surface area contributed by atoms with Crippen molar-refractivity contribution in [1.29, 1.82) is 0 Å². The number of halogens is 1. The number of hydrogen-bond donors (Lipinski definition) is 2. The number of guanidine groups is 1. The van der Waals surface area contributed by atoms with Gasteiger partial charge in [0, 0.05) is 31.6 Å². The first kappa shape index (κ1) is 20.5. The van der Waals surface area contributed by atoms with Gasteiger partial charge in [-0.05, 0) is 56.8 Å². The van der Waals surface area contributed by atoms with E-state index in [0.717, 1.165) is 25.6 Å². The molecule has 0 spiro atoms. The minimum Gasteiger partial charge on any atom is -0.356 e. The molecule has 0 amide bonds. The first-order chi connectivity index (χ1) is 11.7. The van der Waals surface area contributed by atoms with Crippen molar-refractivity contribution < 1.29 is 0 Å². The monoisotopic (exact) mass is 456 g/mol. The molecule has 1 aliphatic heterocycles. The van der Waals surface area contributed by atoms with E-state index < -0.39 is 0 Å². The molecular formula is C20H33IN4. The first-order valence-electron chi connectivity index (χ1n) is 9.43. The summed E-state index contributed by atoms with van der Waals surface area (Å²) in [6, 6.07) is 9.46. The van der Waals surface area contributed by atoms with Crippen LogP contribution in [0.25, 0.3) is 0 Å². The van der Waals surface area contributed by atoms with E-state index in [1.165, 1.54) is 43.4 Å². The van der Waals surface area contributed by atoms with E-state index in [1.54, 1.807) is 0 Å². The lowest BCUT2D eigenvalue weighted by molar-refractivity contribution is 0.267. The Bertz CT molecular complexity index is 583. The summed E-state index contributed by atoms with van der Waals surface area (Å²) in [5.74, 6) is 0.942. The molecule has 1 saturated heterocycles. The minimum absolute atomic E-state index is 0. The van der Waals surface area contributed by atoms with E-state index in [4.69, 9.17) is 0 Å². The standard InChI is InChI=1S/C20H32N4.HI/c1-4-24-13-7-9-17(24)14-22-19(21-3)23-15-20(11-12-20)18-10-6-5-8-16(18)2;/h5-6,8,10,17H,4,7,9,11-15H2,1-3H3,(H2,21,22,23);1H. The quantitative estimate of drug-likeness (QED) is 0.392. The van der Waals surface area contributed by atoms with E-state index in [9.17, 15) is 0 Å². The summed E-state index contributed by atoms with van der Waals surface area (Å²) < 4.78 is 0. The average Bonchev–Trinajstić information content (AvgIpc) is 3.25. The summed E-state index contributed by atoms with van der Waals surface area (Å²) >= 11 is 0. The fraction of sp³-hybridized carbons (Fsp3) is 0.650. The fourth-order valence-electron chi connectivity index (χ4n) is 4.09. The molecule has 5 heteroatoms. The normalized spacial score (nSPS) is 22.4. The van der Waals surface area contributed by atoms with Gasteiger partial charge in [0.1, 0.15) is 0 Å². The molecule has 1 aliphatic carbocycles. The van der Waals surface area contributed by atoms with Crippen molar-refractivity contribution in [2.24, 2.45) is 4.99 Å². The summed E-state index contributed by atoms with van der Waals surface area (Å²) in [5, 5.41) is 7.11. The highest BCUT2D eigenvalue weighted by molar-refractivity contribution is 14.0. The van der Waals surface area contributed by atoms with E-state index >= 15 is 0 Å². The van der Waals surface area contributed by atoms with Gasteiger partial charge in [0.25, 0.3) is 0 Å². The predicted octanol–water partition coefficient (Wildman–Crippen LogP) is 3.29. The van der Waals surface area contributed by atoms with Gasteiger partial charge in [-0.1, -0.05) is 31.2 Å². The van der Waals surface area contributed by atoms with Gasteiger partial charge in [-0.2, -0.15) is 0 Å². The minimum atomic E-state index is 0. The SMILES string of the molecule is CCN1CCCC1CNC(=NC)NCC1(c2ccccc2C)CC1.I. The van der Waals surface area contributed by atoms with Crippen LogP contribution in [0.3, 0.4) is 0 Å². The van der Waals surface area contributed by atoms with Crippen LogP contribution in [0.15, 0.2) is 29.3 Å². The molecule has 4 nitrogen and oxygen atoms in total. The molecule has 2 N–H and O–H groups in total. The summed E-state index contributed by atoms with van der Waals surface area (Å²) in [7, 11) is 1.87. The first-order valence-corrected chi connectivity index (χ1v) is 9.43. The van der Waals surface area contributed by atoms with Crippen LogP contribution in [0, 0.1) is 6.92 Å². The second-order valence-electron chi connectivity index (χ2n) is 7.33. The average molecular weight is 456 g/mol. The second-order valence-corrected chi connectivity index (χ2v) is 7.33. The van der Waals surface area contributed by atoms with Gasteiger partial charge in [-0.3, -0.25) is 9.89 Å². The number of nitrogens with zero attached hydrogens (tertiary/aromatic N) is 2. The largest absolute Gasteiger partial charge is 0.356 e. The maximum absolute atomic E-state index is 4.42. The van der Waals surface area contributed by atoms with Gasteiger partial charge >= 0.3 is 0 Å². The smallest absolute Gasteiger partial charge is 0.191 e. The van der Waals surface area contributed by atoms with Crippen LogP contribution in [-0.4, -0.2) is 50.1 Å². The van der Waals surface area contributed by atoms with Crippen LogP contribution in [0.5, 0.6) is 0 Å². The van der Waals surface area contributed by atoms with Crippen molar-refractivity contribution in [1.82, 2.24) is 15.5 Å². The van der Waals surface area contributed by atoms with Crippen molar-refractivity contribution in [3.63, 3.8) is 0 Å². The Morgan fingerprint density at radius 3 is 2.68 bits per heavy atom. The lowest BCUT2D eigenvalue weighted by atomic mass is 9.92. The molecule has 2 aliphatic rings. The zero-order chi connectivity index (χ0) is 17.0. The zero-order valence-corrected chi connectivity index (χ0v) is 18.2. The van der Waals surface area contributed by atoms with Crippen LogP contribution >= 0.6 is 24.0 Å². The maximum Gasteiger partial charge on any atom is 0.191 e. The van der Waals surface area contributed by atoms with E-state index in [1.807, 2.05) is 7.05 Å². The third kappa shape index (κ3) is 4.88. The molecule has 1 unspecified atom stereocenters. The highest BCUT2D eigenvalue weighted by Gasteiger charge is 2.44. The van der Waals surface area contributed by atoms with Gasteiger partial charge in [0.2, 0.25) is 0 Å². The van der Waals surface area contributed by atoms with Crippen molar-refractivity contribution in [2.45, 2.75) is 51.0 Å². The van der Waals surface area contributed by atoms with Crippen molar-refractivity contribution in [3.8, 4) is 0 Å². The second kappa shape index (κ2) is 9.21. The van der Waals surface area contributed by atoms with Crippen molar-refractivity contribution >= 4 is 29.9 Å². The molecule has 0 aromatic heterocycles. The summed E-state index contributed by atoms with van der Waals surface area (Å²) in [5.41, 5.74) is 3.22. The Morgan fingerprint density at radius 1 is 1.28 bits per heavy atom. The molecule has 0 bridgehead atoms. The molecule has 140 valence electrons. The van der Waals surface area contributed by atoms with Gasteiger partial charge in [-0.15, -0.1) is 24.0 Å². The molecule has 0 radical (unpaired) electrons. The lowest BCUT2D eigenvalue weighted by Gasteiger charge is -2.25. The highest BCUT2D eigenvalue weighted by atomic mass is 127.